The molecule has 0 spiro atoms. The summed E-state index contributed by atoms with van der Waals surface area (Å²) in [5, 5.41) is 5.72. The van der Waals surface area contributed by atoms with Crippen molar-refractivity contribution < 1.29 is 52.7 Å². The van der Waals surface area contributed by atoms with Crippen molar-refractivity contribution in [1.29, 1.82) is 0 Å². The molecular weight excluding hydrogens is 1030 g/mol. The Balaban J connectivity index is 1.57. The van der Waals surface area contributed by atoms with Crippen LogP contribution in [0.15, 0.2) is 60.7 Å². The summed E-state index contributed by atoms with van der Waals surface area (Å²) in [6.45, 7) is 16.7. The lowest BCUT2D eigenvalue weighted by molar-refractivity contribution is -0.155. The summed E-state index contributed by atoms with van der Waals surface area (Å²) in [7, 11) is 8.85. The summed E-state index contributed by atoms with van der Waals surface area (Å²) < 4.78 is 5.01. The molecule has 0 saturated carbocycles. The minimum atomic E-state index is -1.16. The highest BCUT2D eigenvalue weighted by molar-refractivity contribution is 5.98. The fourth-order valence-electron chi connectivity index (χ4n) is 11.1. The van der Waals surface area contributed by atoms with Crippen LogP contribution in [-0.2, 0) is 65.5 Å². The van der Waals surface area contributed by atoms with E-state index in [-0.39, 0.29) is 56.4 Å². The molecule has 2 aromatic carbocycles. The average molecular weight is 1130 g/mol. The first-order valence-corrected chi connectivity index (χ1v) is 28.9. The Morgan fingerprint density at radius 3 is 1.59 bits per heavy atom. The molecule has 0 bridgehead atoms. The van der Waals surface area contributed by atoms with E-state index in [0.29, 0.717) is 38.6 Å². The van der Waals surface area contributed by atoms with E-state index < -0.39 is 114 Å². The second kappa shape index (κ2) is 30.8. The Bertz CT molecular complexity index is 2490. The molecule has 2 heterocycles. The van der Waals surface area contributed by atoms with Gasteiger partial charge < -0.3 is 49.7 Å². The SMILES string of the molecule is CCCC(=O)N(C)[C@@H](C)C(=O)N[C@H](Cc1ccccc1)C(=O)N1CCC[C@H]1C(=O)N(C)[C@@H](CC(C)C)C(=O)N(C)[C@H](C(=O)N(C)[C@@H](CC(C)C)C(=O)N[C@@H](C)C(=O)N(C)[C@H](Cc1ccccc1)C(=O)N1CCC[C@H]1C(=O)OC)C(C)C. The number of hydrogen-bond donors (Lipinski definition) is 2. The molecule has 0 aliphatic carbocycles. The van der Waals surface area contributed by atoms with Crippen LogP contribution in [0.2, 0.25) is 0 Å². The van der Waals surface area contributed by atoms with E-state index in [1.165, 1.54) is 76.5 Å². The van der Waals surface area contributed by atoms with E-state index in [1.54, 1.807) is 27.8 Å². The quantitative estimate of drug-likeness (QED) is 0.120. The Kier molecular flexibility index (Phi) is 25.4. The summed E-state index contributed by atoms with van der Waals surface area (Å²) in [5.74, 6) is -5.54. The Morgan fingerprint density at radius 2 is 1.07 bits per heavy atom. The van der Waals surface area contributed by atoms with Crippen molar-refractivity contribution in [3.8, 4) is 0 Å². The molecule has 81 heavy (non-hydrogen) atoms. The molecule has 20 heteroatoms. The predicted molar refractivity (Wildman–Crippen MR) is 308 cm³/mol. The van der Waals surface area contributed by atoms with Crippen LogP contribution in [0, 0.1) is 17.8 Å². The summed E-state index contributed by atoms with van der Waals surface area (Å²) in [4.78, 5) is 152. The lowest BCUT2D eigenvalue weighted by Crippen LogP contribution is -2.61. The zero-order chi connectivity index (χ0) is 60.6. The number of likely N-dealkylation sites (N-methyl/N-ethyl adjacent to an activating group) is 5. The van der Waals surface area contributed by atoms with Crippen LogP contribution in [0.1, 0.15) is 125 Å². The maximum absolute atomic E-state index is 15.0. The molecule has 2 N–H and O–H groups in total. The molecule has 2 saturated heterocycles. The Morgan fingerprint density at radius 1 is 0.568 bits per heavy atom. The lowest BCUT2D eigenvalue weighted by Gasteiger charge is -2.40. The maximum Gasteiger partial charge on any atom is 0.328 e. The van der Waals surface area contributed by atoms with Gasteiger partial charge in [-0.05, 0) is 87.7 Å². The van der Waals surface area contributed by atoms with Crippen LogP contribution in [0.5, 0.6) is 0 Å². The monoisotopic (exact) mass is 1130 g/mol. The molecule has 4 rings (SSSR count). The molecule has 2 aliphatic rings. The normalized spacial score (nSPS) is 17.8. The van der Waals surface area contributed by atoms with Crippen LogP contribution in [-0.4, -0.2) is 203 Å². The number of rotatable bonds is 27. The third kappa shape index (κ3) is 17.3. The van der Waals surface area contributed by atoms with Crippen LogP contribution >= 0.6 is 0 Å². The number of nitrogens with zero attached hydrogens (tertiary/aromatic N) is 7. The van der Waals surface area contributed by atoms with Crippen molar-refractivity contribution in [2.24, 2.45) is 17.8 Å². The number of nitrogens with one attached hydrogen (secondary N) is 2. The topological polar surface area (TPSA) is 227 Å². The highest BCUT2D eigenvalue weighted by Crippen LogP contribution is 2.27. The standard InChI is InChI=1S/C61H93N9O11/c1-16-25-51(71)64(10)42(9)53(72)63-45(36-43-26-19-17-20-27-43)56(75)69-32-23-30-46(69)57(76)67(13)49(35-39(4)5)58(77)68(14)52(40(6)7)60(79)65(11)48(34-38(2)3)54(73)62-41(8)55(74)66(12)50(37-44-28-21-18-22-29-44)59(78)70-33-24-31-47(70)61(80)81-15/h17-22,26-29,38-42,45-50,52H,16,23-25,30-37H2,1-15H3,(H,62,73)(H,63,72)/t41-,42-,45+,46-,47-,48-,49-,50+,52-/m0/s1. The Labute approximate surface area is 481 Å². The molecule has 9 amide bonds. The molecule has 0 aromatic heterocycles. The third-order valence-corrected chi connectivity index (χ3v) is 15.9. The average Bonchev–Trinajstić information content (AvgIpc) is 4.15. The molecule has 0 unspecified atom stereocenters. The number of likely N-dealkylation sites (tertiary alicyclic amines) is 2. The minimum Gasteiger partial charge on any atom is -0.467 e. The number of methoxy groups -OCH3 is 1. The molecule has 2 aromatic rings. The summed E-state index contributed by atoms with van der Waals surface area (Å²) >= 11 is 0. The zero-order valence-electron chi connectivity index (χ0n) is 50.8. The van der Waals surface area contributed by atoms with Gasteiger partial charge in [0.2, 0.25) is 53.2 Å². The van der Waals surface area contributed by atoms with Crippen molar-refractivity contribution in [2.45, 2.75) is 181 Å². The Hall–Kier alpha value is -6.86. The first-order chi connectivity index (χ1) is 38.2. The molecule has 2 aliphatic heterocycles. The number of amides is 9. The number of hydrogen-bond acceptors (Lipinski definition) is 11. The second-order valence-electron chi connectivity index (χ2n) is 23.3. The van der Waals surface area contributed by atoms with Crippen LogP contribution in [0.25, 0.3) is 0 Å². The van der Waals surface area contributed by atoms with Crippen LogP contribution in [0.4, 0.5) is 0 Å². The number of ether oxygens (including phenoxy) is 1. The number of benzene rings is 2. The summed E-state index contributed by atoms with van der Waals surface area (Å²) in [6, 6.07) is 9.21. The van der Waals surface area contributed by atoms with Gasteiger partial charge in [-0.1, -0.05) is 109 Å². The molecule has 20 nitrogen and oxygen atoms in total. The van der Waals surface area contributed by atoms with Crippen LogP contribution < -0.4 is 10.6 Å². The van der Waals surface area contributed by atoms with E-state index in [2.05, 4.69) is 10.6 Å². The molecular formula is C61H93N9O11. The predicted octanol–water partition coefficient (Wildman–Crippen LogP) is 4.32. The van der Waals surface area contributed by atoms with Crippen molar-refractivity contribution in [1.82, 2.24) is 44.9 Å². The second-order valence-corrected chi connectivity index (χ2v) is 23.3. The number of carbonyl (C=O) groups is 10. The minimum absolute atomic E-state index is 0.0961. The fourth-order valence-corrected chi connectivity index (χ4v) is 11.1. The van der Waals surface area contributed by atoms with E-state index >= 15 is 4.79 Å². The van der Waals surface area contributed by atoms with Crippen molar-refractivity contribution in [3.63, 3.8) is 0 Å². The van der Waals surface area contributed by atoms with E-state index in [9.17, 15) is 43.2 Å². The molecule has 9 atom stereocenters. The van der Waals surface area contributed by atoms with E-state index in [1.807, 2.05) is 95.3 Å². The highest BCUT2D eigenvalue weighted by Gasteiger charge is 2.46. The molecule has 448 valence electrons. The van der Waals surface area contributed by atoms with Gasteiger partial charge in [0, 0.05) is 67.6 Å². The molecule has 2 fully saturated rings. The maximum atomic E-state index is 15.0. The van der Waals surface area contributed by atoms with Gasteiger partial charge in [-0.25, -0.2) is 4.79 Å². The van der Waals surface area contributed by atoms with Gasteiger partial charge in [-0.3, -0.25) is 43.2 Å². The summed E-state index contributed by atoms with van der Waals surface area (Å²) in [5.41, 5.74) is 1.56. The lowest BCUT2D eigenvalue weighted by atomic mass is 9.95. The van der Waals surface area contributed by atoms with Gasteiger partial charge in [-0.15, -0.1) is 0 Å². The van der Waals surface area contributed by atoms with Gasteiger partial charge in [0.05, 0.1) is 7.11 Å². The fraction of sp³-hybridized carbons (Fsp3) is 0.639. The molecule has 0 radical (unpaired) electrons. The van der Waals surface area contributed by atoms with Gasteiger partial charge in [0.25, 0.3) is 0 Å². The van der Waals surface area contributed by atoms with E-state index in [0.717, 1.165) is 11.1 Å². The number of esters is 1. The van der Waals surface area contributed by atoms with Gasteiger partial charge in [0.1, 0.15) is 54.4 Å². The largest absolute Gasteiger partial charge is 0.467 e. The van der Waals surface area contributed by atoms with Gasteiger partial charge in [0.15, 0.2) is 0 Å². The summed E-state index contributed by atoms with van der Waals surface area (Å²) in [6.07, 6.45) is 3.37. The van der Waals surface area contributed by atoms with Gasteiger partial charge >= 0.3 is 5.97 Å². The highest BCUT2D eigenvalue weighted by atomic mass is 16.5. The third-order valence-electron chi connectivity index (χ3n) is 15.9. The van der Waals surface area contributed by atoms with Crippen molar-refractivity contribution in [3.05, 3.63) is 71.8 Å². The number of carbonyl (C=O) groups excluding carboxylic acids is 10. The first-order valence-electron chi connectivity index (χ1n) is 28.9. The van der Waals surface area contributed by atoms with E-state index in [4.69, 9.17) is 4.74 Å². The van der Waals surface area contributed by atoms with Crippen molar-refractivity contribution >= 4 is 59.1 Å². The zero-order valence-corrected chi connectivity index (χ0v) is 50.8. The van der Waals surface area contributed by atoms with Gasteiger partial charge in [-0.2, -0.15) is 0 Å². The smallest absolute Gasteiger partial charge is 0.328 e. The van der Waals surface area contributed by atoms with Crippen LogP contribution in [0.3, 0.4) is 0 Å². The van der Waals surface area contributed by atoms with Crippen molar-refractivity contribution in [2.75, 3.05) is 55.4 Å². The first kappa shape index (κ1) is 66.7.